The average Bonchev–Trinajstić information content (AvgIpc) is 3.04. The second kappa shape index (κ2) is 7.58. The maximum atomic E-state index is 12.6. The number of rotatable bonds is 5. The minimum absolute atomic E-state index is 0.257. The second-order valence-corrected chi connectivity index (χ2v) is 11.1. The summed E-state index contributed by atoms with van der Waals surface area (Å²) in [7, 11) is -2.47. The van der Waals surface area contributed by atoms with E-state index in [1.54, 1.807) is 19.5 Å². The third kappa shape index (κ3) is 4.00. The van der Waals surface area contributed by atoms with E-state index in [0.717, 1.165) is 21.8 Å². The molecule has 3 rings (SSSR count). The number of fused-ring (bicyclic) bond motifs is 1. The highest BCUT2D eigenvalue weighted by Crippen LogP contribution is 2.39. The lowest BCUT2D eigenvalue weighted by Crippen LogP contribution is -2.26. The molecule has 0 aliphatic rings. The molecular formula is C18H19IN5O2P. The number of nitrogens with zero attached hydrogens (tertiary/aromatic N) is 3. The summed E-state index contributed by atoms with van der Waals surface area (Å²) in [6.45, 7) is 5.27. The van der Waals surface area contributed by atoms with E-state index >= 15 is 0 Å². The summed E-state index contributed by atoms with van der Waals surface area (Å²) < 4.78 is 12.0. The number of benzene rings is 1. The van der Waals surface area contributed by atoms with Gasteiger partial charge in [-0.3, -0.25) is 0 Å². The summed E-state index contributed by atoms with van der Waals surface area (Å²) in [6, 6.07) is 7.49. The molecule has 0 amide bonds. The van der Waals surface area contributed by atoms with Crippen molar-refractivity contribution in [1.82, 2.24) is 15.0 Å². The van der Waals surface area contributed by atoms with Crippen LogP contribution in [0.1, 0.15) is 12.5 Å². The number of aromatic amines is 1. The molecule has 3 aromatic rings. The number of aliphatic hydroxyl groups excluding tert-OH is 1. The fraction of sp³-hybridized carbons (Fsp3) is 0.278. The summed E-state index contributed by atoms with van der Waals surface area (Å²) in [5.41, 5.74) is 2.35. The van der Waals surface area contributed by atoms with Crippen LogP contribution in [0.4, 0.5) is 5.95 Å². The molecule has 0 radical (unpaired) electrons. The molecule has 0 bridgehead atoms. The van der Waals surface area contributed by atoms with E-state index in [4.69, 9.17) is 0 Å². The number of hydrogen-bond acceptors (Lipinski definition) is 6. The smallest absolute Gasteiger partial charge is 0.223 e. The number of aromatic nitrogens is 3. The Morgan fingerprint density at radius 1 is 1.41 bits per heavy atom. The molecule has 3 N–H and O–H groups in total. The zero-order valence-corrected chi connectivity index (χ0v) is 18.1. The number of alkyl halides is 1. The van der Waals surface area contributed by atoms with Gasteiger partial charge in [-0.05, 0) is 48.9 Å². The summed E-state index contributed by atoms with van der Waals surface area (Å²) in [4.78, 5) is 11.9. The number of anilines is 1. The number of hydrogen-bond donors (Lipinski definition) is 3. The van der Waals surface area contributed by atoms with Gasteiger partial charge < -0.3 is 20.0 Å². The first-order chi connectivity index (χ1) is 12.7. The summed E-state index contributed by atoms with van der Waals surface area (Å²) in [5, 5.41) is 23.8. The molecule has 0 saturated carbocycles. The first kappa shape index (κ1) is 19.8. The molecule has 27 heavy (non-hydrogen) atoms. The van der Waals surface area contributed by atoms with Crippen LogP contribution in [0.25, 0.3) is 22.2 Å². The Hall–Kier alpha value is -1.95. The third-order valence-electron chi connectivity index (χ3n) is 4.21. The molecule has 2 atom stereocenters. The maximum Gasteiger partial charge on any atom is 0.223 e. The largest absolute Gasteiger partial charge is 0.381 e. The van der Waals surface area contributed by atoms with Crippen LogP contribution in [0.2, 0.25) is 0 Å². The van der Waals surface area contributed by atoms with E-state index in [0.29, 0.717) is 17.2 Å². The van der Waals surface area contributed by atoms with Gasteiger partial charge in [-0.15, -0.1) is 0 Å². The predicted octanol–water partition coefficient (Wildman–Crippen LogP) is 3.30. The number of nitriles is 1. The van der Waals surface area contributed by atoms with Crippen molar-refractivity contribution in [2.75, 3.05) is 18.6 Å². The van der Waals surface area contributed by atoms with Crippen molar-refractivity contribution >= 4 is 51.9 Å². The molecule has 2 aromatic heterocycles. The second-order valence-electron chi connectivity index (χ2n) is 6.63. The van der Waals surface area contributed by atoms with E-state index < -0.39 is 11.3 Å². The molecule has 1 aromatic carbocycles. The zero-order chi connectivity index (χ0) is 19.8. The first-order valence-corrected chi connectivity index (χ1v) is 12.1. The van der Waals surface area contributed by atoms with Crippen molar-refractivity contribution in [1.29, 1.82) is 5.26 Å². The van der Waals surface area contributed by atoms with E-state index in [-0.39, 0.29) is 6.04 Å². The van der Waals surface area contributed by atoms with Crippen molar-refractivity contribution in [3.63, 3.8) is 0 Å². The lowest BCUT2D eigenvalue weighted by molar-refractivity contribution is 0.261. The minimum Gasteiger partial charge on any atom is -0.381 e. The van der Waals surface area contributed by atoms with Crippen LogP contribution in [0, 0.1) is 11.3 Å². The van der Waals surface area contributed by atoms with Crippen LogP contribution >= 0.6 is 29.7 Å². The Labute approximate surface area is 170 Å². The highest BCUT2D eigenvalue weighted by Gasteiger charge is 2.20. The molecule has 9 heteroatoms. The standard InChI is InChI=1S/C18H19IN5O2P/c1-10(17(19)25)23-18-22-8-11(7-20)15(24-18)13-9-21-16-12(13)5-4-6-14(16)27(2,3)26/h4-6,8-10,17,21,25H,1-3H3,(H,22,23,24). The number of para-hydroxylation sites is 1. The highest BCUT2D eigenvalue weighted by atomic mass is 127. The Kier molecular flexibility index (Phi) is 5.56. The normalized spacial score (nSPS) is 13.9. The van der Waals surface area contributed by atoms with Crippen LogP contribution in [-0.2, 0) is 4.57 Å². The fourth-order valence-corrected chi connectivity index (χ4v) is 4.14. The van der Waals surface area contributed by atoms with Gasteiger partial charge in [0.1, 0.15) is 17.3 Å². The van der Waals surface area contributed by atoms with Gasteiger partial charge in [-0.25, -0.2) is 9.97 Å². The van der Waals surface area contributed by atoms with E-state index in [1.807, 2.05) is 47.7 Å². The van der Waals surface area contributed by atoms with Gasteiger partial charge in [0.25, 0.3) is 0 Å². The minimum atomic E-state index is -2.47. The number of H-pyrrole nitrogens is 1. The highest BCUT2D eigenvalue weighted by molar-refractivity contribution is 14.1. The molecule has 0 fully saturated rings. The molecule has 2 unspecified atom stereocenters. The molecule has 0 saturated heterocycles. The summed E-state index contributed by atoms with van der Waals surface area (Å²) in [6.07, 6.45) is 3.23. The SMILES string of the molecule is CC(Nc1ncc(C#N)c(-c2c[nH]c3c(P(C)(C)=O)cccc23)n1)C(O)I. The van der Waals surface area contributed by atoms with Crippen molar-refractivity contribution in [2.45, 2.75) is 17.1 Å². The molecule has 2 heterocycles. The van der Waals surface area contributed by atoms with Gasteiger partial charge in [-0.2, -0.15) is 5.26 Å². The molecule has 140 valence electrons. The van der Waals surface area contributed by atoms with E-state index in [2.05, 4.69) is 26.3 Å². The lowest BCUT2D eigenvalue weighted by Gasteiger charge is -2.15. The average molecular weight is 495 g/mol. The molecule has 0 aliphatic carbocycles. The third-order valence-corrected chi connectivity index (χ3v) is 6.82. The van der Waals surface area contributed by atoms with Crippen LogP contribution in [0.3, 0.4) is 0 Å². The Morgan fingerprint density at radius 2 is 2.15 bits per heavy atom. The predicted molar refractivity (Wildman–Crippen MR) is 116 cm³/mol. The number of aliphatic hydroxyl groups is 1. The first-order valence-electron chi connectivity index (χ1n) is 8.24. The lowest BCUT2D eigenvalue weighted by atomic mass is 10.1. The van der Waals surface area contributed by atoms with Crippen LogP contribution in [-0.4, -0.2) is 43.5 Å². The Balaban J connectivity index is 2.16. The van der Waals surface area contributed by atoms with Crippen LogP contribution in [0.15, 0.2) is 30.6 Å². The maximum absolute atomic E-state index is 12.6. The molecular weight excluding hydrogens is 476 g/mol. The monoisotopic (exact) mass is 495 g/mol. The molecule has 0 aliphatic heterocycles. The van der Waals surface area contributed by atoms with Crippen LogP contribution < -0.4 is 10.6 Å². The van der Waals surface area contributed by atoms with Crippen molar-refractivity contribution < 1.29 is 9.67 Å². The molecule has 0 spiro atoms. The Bertz CT molecular complexity index is 1080. The van der Waals surface area contributed by atoms with Crippen molar-refractivity contribution in [2.24, 2.45) is 0 Å². The quantitative estimate of drug-likeness (QED) is 0.285. The van der Waals surface area contributed by atoms with E-state index in [9.17, 15) is 14.9 Å². The van der Waals surface area contributed by atoms with Crippen LogP contribution in [0.5, 0.6) is 0 Å². The topological polar surface area (TPSA) is 115 Å². The summed E-state index contributed by atoms with van der Waals surface area (Å²) in [5.74, 6) is 0.328. The number of halogens is 1. The summed E-state index contributed by atoms with van der Waals surface area (Å²) >= 11 is 1.90. The van der Waals surface area contributed by atoms with E-state index in [1.165, 1.54) is 6.20 Å². The van der Waals surface area contributed by atoms with Gasteiger partial charge in [-0.1, -0.05) is 12.1 Å². The zero-order valence-electron chi connectivity index (χ0n) is 15.1. The van der Waals surface area contributed by atoms with Gasteiger partial charge in [0, 0.05) is 22.5 Å². The van der Waals surface area contributed by atoms with Gasteiger partial charge >= 0.3 is 0 Å². The Morgan fingerprint density at radius 3 is 2.78 bits per heavy atom. The van der Waals surface area contributed by atoms with Gasteiger partial charge in [0.2, 0.25) is 5.95 Å². The van der Waals surface area contributed by atoms with Gasteiger partial charge in [0.05, 0.1) is 29.0 Å². The molecule has 7 nitrogen and oxygen atoms in total. The van der Waals surface area contributed by atoms with Gasteiger partial charge in [0.15, 0.2) is 0 Å². The fourth-order valence-electron chi connectivity index (χ4n) is 2.79. The number of nitrogens with one attached hydrogen (secondary N) is 2. The van der Waals surface area contributed by atoms with Crippen molar-refractivity contribution in [3.05, 3.63) is 36.2 Å². The van der Waals surface area contributed by atoms with Crippen molar-refractivity contribution in [3.8, 4) is 17.3 Å².